The molecule has 0 spiro atoms. The van der Waals surface area contributed by atoms with Crippen LogP contribution in [0.4, 0.5) is 14.9 Å². The molecular formula is C12H12FNO5. The maximum atomic E-state index is 13.4. The minimum absolute atomic E-state index is 0.0352. The standard InChI is InChI=1S/C12H12FNO5/c1-3-4-19-12(17)14-9-6-10(18-2)8(13)5-7(9)11(15)16/h3,5-6H,1,4H2,2H3,(H,14,17)(H,15,16). The fraction of sp³-hybridized carbons (Fsp3) is 0.167. The van der Waals surface area contributed by atoms with Gasteiger partial charge in [0.15, 0.2) is 11.6 Å². The van der Waals surface area contributed by atoms with Crippen LogP contribution in [0.25, 0.3) is 0 Å². The highest BCUT2D eigenvalue weighted by Gasteiger charge is 2.17. The average Bonchev–Trinajstić information content (AvgIpc) is 2.37. The topological polar surface area (TPSA) is 84.9 Å². The highest BCUT2D eigenvalue weighted by atomic mass is 19.1. The van der Waals surface area contributed by atoms with E-state index < -0.39 is 23.4 Å². The van der Waals surface area contributed by atoms with Crippen LogP contribution in [0.15, 0.2) is 24.8 Å². The van der Waals surface area contributed by atoms with Crippen molar-refractivity contribution in [3.05, 3.63) is 36.2 Å². The first-order valence-corrected chi connectivity index (χ1v) is 5.15. The maximum Gasteiger partial charge on any atom is 0.411 e. The van der Waals surface area contributed by atoms with Crippen molar-refractivity contribution < 1.29 is 28.6 Å². The first-order valence-electron chi connectivity index (χ1n) is 5.15. The summed E-state index contributed by atoms with van der Waals surface area (Å²) in [7, 11) is 1.22. The van der Waals surface area contributed by atoms with Gasteiger partial charge in [-0.1, -0.05) is 12.7 Å². The molecule has 2 N–H and O–H groups in total. The summed E-state index contributed by atoms with van der Waals surface area (Å²) >= 11 is 0. The van der Waals surface area contributed by atoms with Gasteiger partial charge < -0.3 is 14.6 Å². The number of ether oxygens (including phenoxy) is 2. The number of methoxy groups -OCH3 is 1. The summed E-state index contributed by atoms with van der Waals surface area (Å²) in [4.78, 5) is 22.3. The molecule has 1 aromatic rings. The molecule has 102 valence electrons. The second-order valence-corrected chi connectivity index (χ2v) is 3.35. The molecule has 0 radical (unpaired) electrons. The van der Waals surface area contributed by atoms with Gasteiger partial charge in [0.2, 0.25) is 0 Å². The summed E-state index contributed by atoms with van der Waals surface area (Å²) in [5.74, 6) is -2.42. The van der Waals surface area contributed by atoms with E-state index in [0.29, 0.717) is 0 Å². The summed E-state index contributed by atoms with van der Waals surface area (Å²) in [6, 6.07) is 1.82. The zero-order chi connectivity index (χ0) is 14.4. The van der Waals surface area contributed by atoms with Gasteiger partial charge in [0.05, 0.1) is 18.4 Å². The van der Waals surface area contributed by atoms with E-state index in [0.717, 1.165) is 12.1 Å². The van der Waals surface area contributed by atoms with Crippen LogP contribution >= 0.6 is 0 Å². The molecule has 0 aliphatic heterocycles. The fourth-order valence-corrected chi connectivity index (χ4v) is 1.27. The van der Waals surface area contributed by atoms with Gasteiger partial charge in [-0.05, 0) is 6.07 Å². The number of halogens is 1. The Kier molecular flexibility index (Phi) is 4.87. The SMILES string of the molecule is C=CCOC(=O)Nc1cc(OC)c(F)cc1C(=O)O. The molecule has 1 amide bonds. The Labute approximate surface area is 108 Å². The van der Waals surface area contributed by atoms with E-state index in [1.165, 1.54) is 13.2 Å². The van der Waals surface area contributed by atoms with Crippen LogP contribution in [0.3, 0.4) is 0 Å². The molecule has 0 bridgehead atoms. The van der Waals surface area contributed by atoms with Crippen LogP contribution < -0.4 is 10.1 Å². The van der Waals surface area contributed by atoms with E-state index in [2.05, 4.69) is 16.6 Å². The summed E-state index contributed by atoms with van der Waals surface area (Å²) in [6.45, 7) is 3.32. The molecule has 0 unspecified atom stereocenters. The highest BCUT2D eigenvalue weighted by Crippen LogP contribution is 2.26. The predicted molar refractivity (Wildman–Crippen MR) is 65.1 cm³/mol. The molecule has 0 saturated heterocycles. The lowest BCUT2D eigenvalue weighted by Gasteiger charge is -2.11. The zero-order valence-corrected chi connectivity index (χ0v) is 10.1. The second-order valence-electron chi connectivity index (χ2n) is 3.35. The second kappa shape index (κ2) is 6.39. The van der Waals surface area contributed by atoms with Gasteiger partial charge in [-0.2, -0.15) is 0 Å². The number of aromatic carboxylic acids is 1. The third-order valence-corrected chi connectivity index (χ3v) is 2.09. The number of hydrogen-bond acceptors (Lipinski definition) is 4. The van der Waals surface area contributed by atoms with Crippen LogP contribution in [0, 0.1) is 5.82 Å². The number of carbonyl (C=O) groups excluding carboxylic acids is 1. The van der Waals surface area contributed by atoms with Crippen LogP contribution in [-0.2, 0) is 4.74 Å². The molecular weight excluding hydrogens is 257 g/mol. The molecule has 0 aliphatic rings. The summed E-state index contributed by atoms with van der Waals surface area (Å²) < 4.78 is 22.7. The first kappa shape index (κ1) is 14.5. The summed E-state index contributed by atoms with van der Waals surface area (Å²) in [6.07, 6.45) is 0.471. The quantitative estimate of drug-likeness (QED) is 0.801. The zero-order valence-electron chi connectivity index (χ0n) is 10.1. The van der Waals surface area contributed by atoms with Gasteiger partial charge in [0.1, 0.15) is 6.61 Å². The third-order valence-electron chi connectivity index (χ3n) is 2.09. The third kappa shape index (κ3) is 3.70. The van der Waals surface area contributed by atoms with Crippen molar-refractivity contribution >= 4 is 17.7 Å². The van der Waals surface area contributed by atoms with Crippen molar-refractivity contribution in [3.8, 4) is 5.75 Å². The van der Waals surface area contributed by atoms with E-state index in [1.807, 2.05) is 0 Å². The van der Waals surface area contributed by atoms with E-state index in [4.69, 9.17) is 9.84 Å². The largest absolute Gasteiger partial charge is 0.494 e. The Morgan fingerprint density at radius 3 is 2.74 bits per heavy atom. The highest BCUT2D eigenvalue weighted by molar-refractivity contribution is 5.99. The number of carboxylic acids is 1. The summed E-state index contributed by atoms with van der Waals surface area (Å²) in [5, 5.41) is 11.1. The molecule has 0 aliphatic carbocycles. The molecule has 0 fully saturated rings. The lowest BCUT2D eigenvalue weighted by molar-refractivity contribution is 0.0697. The molecule has 0 aromatic heterocycles. The molecule has 1 rings (SSSR count). The minimum Gasteiger partial charge on any atom is -0.494 e. The number of benzene rings is 1. The fourth-order valence-electron chi connectivity index (χ4n) is 1.27. The first-order chi connectivity index (χ1) is 8.99. The Morgan fingerprint density at radius 1 is 1.53 bits per heavy atom. The number of nitrogens with one attached hydrogen (secondary N) is 1. The van der Waals surface area contributed by atoms with Crippen molar-refractivity contribution in [2.75, 3.05) is 19.0 Å². The van der Waals surface area contributed by atoms with Crippen molar-refractivity contribution in [1.82, 2.24) is 0 Å². The smallest absolute Gasteiger partial charge is 0.411 e. The van der Waals surface area contributed by atoms with Gasteiger partial charge in [0.25, 0.3) is 0 Å². The van der Waals surface area contributed by atoms with Crippen LogP contribution in [0.2, 0.25) is 0 Å². The number of amides is 1. The predicted octanol–water partition coefficient (Wildman–Crippen LogP) is 2.27. The van der Waals surface area contributed by atoms with E-state index in [1.54, 1.807) is 0 Å². The molecule has 7 heteroatoms. The van der Waals surface area contributed by atoms with Gasteiger partial charge in [-0.15, -0.1) is 0 Å². The van der Waals surface area contributed by atoms with E-state index >= 15 is 0 Å². The van der Waals surface area contributed by atoms with Gasteiger partial charge in [0, 0.05) is 6.07 Å². The van der Waals surface area contributed by atoms with Gasteiger partial charge >= 0.3 is 12.1 Å². The lowest BCUT2D eigenvalue weighted by atomic mass is 10.1. The van der Waals surface area contributed by atoms with Gasteiger partial charge in [-0.25, -0.2) is 14.0 Å². The minimum atomic E-state index is -1.39. The number of rotatable bonds is 5. The molecule has 0 saturated carbocycles. The monoisotopic (exact) mass is 269 g/mol. The van der Waals surface area contributed by atoms with Crippen molar-refractivity contribution in [3.63, 3.8) is 0 Å². The van der Waals surface area contributed by atoms with Crippen molar-refractivity contribution in [2.45, 2.75) is 0 Å². The molecule has 19 heavy (non-hydrogen) atoms. The number of hydrogen-bond donors (Lipinski definition) is 2. The normalized spacial score (nSPS) is 9.58. The molecule has 1 aromatic carbocycles. The van der Waals surface area contributed by atoms with E-state index in [9.17, 15) is 14.0 Å². The lowest BCUT2D eigenvalue weighted by Crippen LogP contribution is -2.16. The van der Waals surface area contributed by atoms with Crippen LogP contribution in [-0.4, -0.2) is 30.9 Å². The van der Waals surface area contributed by atoms with Gasteiger partial charge in [-0.3, -0.25) is 5.32 Å². The molecule has 0 atom stereocenters. The number of carbonyl (C=O) groups is 2. The summed E-state index contributed by atoms with van der Waals surface area (Å²) in [5.41, 5.74) is -0.534. The Bertz CT molecular complexity index is 515. The van der Waals surface area contributed by atoms with Crippen molar-refractivity contribution in [2.24, 2.45) is 0 Å². The number of carboxylic acid groups (broad SMARTS) is 1. The number of anilines is 1. The average molecular weight is 269 g/mol. The Morgan fingerprint density at radius 2 is 2.21 bits per heavy atom. The van der Waals surface area contributed by atoms with Crippen molar-refractivity contribution in [1.29, 1.82) is 0 Å². The Hall–Kier alpha value is -2.57. The maximum absolute atomic E-state index is 13.4. The van der Waals surface area contributed by atoms with Crippen LogP contribution in [0.1, 0.15) is 10.4 Å². The molecule has 0 heterocycles. The molecule has 6 nitrogen and oxygen atoms in total. The van der Waals surface area contributed by atoms with E-state index in [-0.39, 0.29) is 18.0 Å². The van der Waals surface area contributed by atoms with Crippen LogP contribution in [0.5, 0.6) is 5.75 Å². The Balaban J connectivity index is 3.06.